The van der Waals surface area contributed by atoms with Gasteiger partial charge in [0.15, 0.2) is 0 Å². The Morgan fingerprint density at radius 1 is 1.44 bits per heavy atom. The standard InChI is InChI=1S/C11H22N2O3/c1-5-15-9-7-13(6-8(9)12)10(14)16-11(2,3)4/h8-9H,5-7,12H2,1-4H3/t8?,9-/m0/s1. The van der Waals surface area contributed by atoms with Crippen molar-refractivity contribution in [2.45, 2.75) is 45.4 Å². The number of hydrogen-bond donors (Lipinski definition) is 1. The van der Waals surface area contributed by atoms with Crippen molar-refractivity contribution in [2.24, 2.45) is 5.73 Å². The van der Waals surface area contributed by atoms with Crippen molar-refractivity contribution >= 4 is 6.09 Å². The Bertz CT molecular complexity index is 250. The molecule has 5 heteroatoms. The summed E-state index contributed by atoms with van der Waals surface area (Å²) in [6, 6.07) is -0.118. The van der Waals surface area contributed by atoms with Gasteiger partial charge in [-0.3, -0.25) is 0 Å². The van der Waals surface area contributed by atoms with Crippen LogP contribution in [-0.4, -0.2) is 48.4 Å². The Balaban J connectivity index is 2.48. The van der Waals surface area contributed by atoms with E-state index >= 15 is 0 Å². The lowest BCUT2D eigenvalue weighted by Crippen LogP contribution is -2.36. The highest BCUT2D eigenvalue weighted by molar-refractivity contribution is 5.68. The minimum atomic E-state index is -0.467. The van der Waals surface area contributed by atoms with Crippen molar-refractivity contribution in [3.8, 4) is 0 Å². The van der Waals surface area contributed by atoms with Gasteiger partial charge in [-0.15, -0.1) is 0 Å². The number of nitrogens with zero attached hydrogens (tertiary/aromatic N) is 1. The van der Waals surface area contributed by atoms with Crippen LogP contribution in [0.2, 0.25) is 0 Å². The van der Waals surface area contributed by atoms with Crippen molar-refractivity contribution < 1.29 is 14.3 Å². The van der Waals surface area contributed by atoms with Gasteiger partial charge in [0.2, 0.25) is 0 Å². The Morgan fingerprint density at radius 2 is 2.06 bits per heavy atom. The maximum atomic E-state index is 11.7. The Labute approximate surface area is 96.9 Å². The molecule has 0 aliphatic carbocycles. The number of hydrogen-bond acceptors (Lipinski definition) is 4. The van der Waals surface area contributed by atoms with Crippen molar-refractivity contribution in [3.63, 3.8) is 0 Å². The summed E-state index contributed by atoms with van der Waals surface area (Å²) in [4.78, 5) is 13.4. The number of likely N-dealkylation sites (tertiary alicyclic amines) is 1. The minimum Gasteiger partial charge on any atom is -0.444 e. The van der Waals surface area contributed by atoms with Crippen molar-refractivity contribution in [1.82, 2.24) is 4.90 Å². The Morgan fingerprint density at radius 3 is 2.56 bits per heavy atom. The fourth-order valence-corrected chi connectivity index (χ4v) is 1.67. The number of ether oxygens (including phenoxy) is 2. The maximum Gasteiger partial charge on any atom is 0.410 e. The largest absolute Gasteiger partial charge is 0.444 e. The first-order chi connectivity index (χ1) is 7.33. The fourth-order valence-electron chi connectivity index (χ4n) is 1.67. The van der Waals surface area contributed by atoms with Crippen LogP contribution in [0.5, 0.6) is 0 Å². The summed E-state index contributed by atoms with van der Waals surface area (Å²) in [7, 11) is 0. The maximum absolute atomic E-state index is 11.7. The quantitative estimate of drug-likeness (QED) is 0.767. The van der Waals surface area contributed by atoms with Gasteiger partial charge in [0.05, 0.1) is 18.7 Å². The summed E-state index contributed by atoms with van der Waals surface area (Å²) in [5, 5.41) is 0. The van der Waals surface area contributed by atoms with Crippen LogP contribution < -0.4 is 5.73 Å². The second-order valence-corrected chi connectivity index (χ2v) is 5.04. The van der Waals surface area contributed by atoms with E-state index < -0.39 is 5.60 Å². The molecule has 2 N–H and O–H groups in total. The summed E-state index contributed by atoms with van der Waals surface area (Å²) in [5.74, 6) is 0. The molecule has 0 aromatic rings. The number of nitrogens with two attached hydrogens (primary N) is 1. The molecule has 1 saturated heterocycles. The van der Waals surface area contributed by atoms with E-state index in [-0.39, 0.29) is 18.2 Å². The number of rotatable bonds is 2. The molecule has 94 valence electrons. The molecule has 2 atom stereocenters. The molecule has 1 rings (SSSR count). The lowest BCUT2D eigenvalue weighted by molar-refractivity contribution is 0.0220. The zero-order valence-electron chi connectivity index (χ0n) is 10.5. The molecule has 1 aliphatic rings. The number of amides is 1. The van der Waals surface area contributed by atoms with Crippen molar-refractivity contribution in [1.29, 1.82) is 0 Å². The molecule has 0 bridgehead atoms. The normalized spacial score (nSPS) is 25.9. The first-order valence-corrected chi connectivity index (χ1v) is 5.68. The summed E-state index contributed by atoms with van der Waals surface area (Å²) in [6.45, 7) is 9.09. The molecular formula is C11H22N2O3. The summed E-state index contributed by atoms with van der Waals surface area (Å²) < 4.78 is 10.7. The predicted molar refractivity (Wildman–Crippen MR) is 61.2 cm³/mol. The predicted octanol–water partition coefficient (Wildman–Crippen LogP) is 0.970. The van der Waals surface area contributed by atoms with Gasteiger partial charge >= 0.3 is 6.09 Å². The molecule has 0 spiro atoms. The Kier molecular flexibility index (Phi) is 4.15. The zero-order valence-corrected chi connectivity index (χ0v) is 10.5. The third kappa shape index (κ3) is 3.64. The highest BCUT2D eigenvalue weighted by Crippen LogP contribution is 2.16. The first-order valence-electron chi connectivity index (χ1n) is 5.68. The van der Waals surface area contributed by atoms with Crippen LogP contribution in [0.1, 0.15) is 27.7 Å². The van der Waals surface area contributed by atoms with Gasteiger partial charge < -0.3 is 20.1 Å². The molecule has 1 aliphatic heterocycles. The topological polar surface area (TPSA) is 64.8 Å². The number of carbonyl (C=O) groups is 1. The monoisotopic (exact) mass is 230 g/mol. The average molecular weight is 230 g/mol. The summed E-state index contributed by atoms with van der Waals surface area (Å²) in [6.07, 6.45) is -0.386. The third-order valence-corrected chi connectivity index (χ3v) is 2.34. The molecule has 16 heavy (non-hydrogen) atoms. The van der Waals surface area contributed by atoms with Crippen LogP contribution >= 0.6 is 0 Å². The SMILES string of the molecule is CCO[C@H]1CN(C(=O)OC(C)(C)C)CC1N. The van der Waals surface area contributed by atoms with E-state index in [1.165, 1.54) is 0 Å². The second-order valence-electron chi connectivity index (χ2n) is 5.04. The van der Waals surface area contributed by atoms with Gasteiger partial charge in [0.25, 0.3) is 0 Å². The minimum absolute atomic E-state index is 0.0717. The van der Waals surface area contributed by atoms with Crippen LogP contribution in [0.15, 0.2) is 0 Å². The molecule has 1 unspecified atom stereocenters. The second kappa shape index (κ2) is 5.01. The summed E-state index contributed by atoms with van der Waals surface area (Å²) in [5.41, 5.74) is 5.42. The smallest absolute Gasteiger partial charge is 0.410 e. The molecule has 0 radical (unpaired) electrons. The van der Waals surface area contributed by atoms with Gasteiger partial charge in [-0.25, -0.2) is 4.79 Å². The lowest BCUT2D eigenvalue weighted by Gasteiger charge is -2.24. The molecule has 5 nitrogen and oxygen atoms in total. The highest BCUT2D eigenvalue weighted by atomic mass is 16.6. The van der Waals surface area contributed by atoms with Gasteiger partial charge in [0, 0.05) is 13.2 Å². The van der Waals surface area contributed by atoms with Gasteiger partial charge in [0.1, 0.15) is 5.60 Å². The molecule has 0 aromatic heterocycles. The van der Waals surface area contributed by atoms with Crippen molar-refractivity contribution in [2.75, 3.05) is 19.7 Å². The zero-order chi connectivity index (χ0) is 12.3. The van der Waals surface area contributed by atoms with Gasteiger partial charge in [-0.1, -0.05) is 0 Å². The first kappa shape index (κ1) is 13.3. The molecule has 1 fully saturated rings. The molecule has 1 amide bonds. The van der Waals surface area contributed by atoms with E-state index in [1.54, 1.807) is 4.90 Å². The van der Waals surface area contributed by atoms with Crippen LogP contribution in [0.25, 0.3) is 0 Å². The van der Waals surface area contributed by atoms with E-state index in [0.717, 1.165) is 0 Å². The van der Waals surface area contributed by atoms with Crippen LogP contribution in [0.4, 0.5) is 4.79 Å². The van der Waals surface area contributed by atoms with Gasteiger partial charge in [-0.05, 0) is 27.7 Å². The van der Waals surface area contributed by atoms with Gasteiger partial charge in [-0.2, -0.15) is 0 Å². The van der Waals surface area contributed by atoms with Crippen molar-refractivity contribution in [3.05, 3.63) is 0 Å². The van der Waals surface area contributed by atoms with E-state index in [9.17, 15) is 4.79 Å². The molecule has 0 aromatic carbocycles. The lowest BCUT2D eigenvalue weighted by atomic mass is 10.2. The van der Waals surface area contributed by atoms with E-state index in [1.807, 2.05) is 27.7 Å². The van der Waals surface area contributed by atoms with E-state index in [4.69, 9.17) is 15.2 Å². The molecular weight excluding hydrogens is 208 g/mol. The van der Waals surface area contributed by atoms with Crippen LogP contribution in [0.3, 0.4) is 0 Å². The molecule has 0 saturated carbocycles. The number of carbonyl (C=O) groups excluding carboxylic acids is 1. The van der Waals surface area contributed by atoms with E-state index in [0.29, 0.717) is 19.7 Å². The van der Waals surface area contributed by atoms with E-state index in [2.05, 4.69) is 0 Å². The van der Waals surface area contributed by atoms with Crippen LogP contribution in [0, 0.1) is 0 Å². The fraction of sp³-hybridized carbons (Fsp3) is 0.909. The highest BCUT2D eigenvalue weighted by Gasteiger charge is 2.35. The Hall–Kier alpha value is -0.810. The van der Waals surface area contributed by atoms with Crippen LogP contribution in [-0.2, 0) is 9.47 Å². The third-order valence-electron chi connectivity index (χ3n) is 2.34. The molecule has 1 heterocycles. The average Bonchev–Trinajstić information content (AvgIpc) is 2.46. The summed E-state index contributed by atoms with van der Waals surface area (Å²) >= 11 is 0.